The summed E-state index contributed by atoms with van der Waals surface area (Å²) in [5.74, 6) is 0.463. The predicted molar refractivity (Wildman–Crippen MR) is 70.1 cm³/mol. The maximum atomic E-state index is 13.4. The normalized spacial score (nSPS) is 14.4. The van der Waals surface area contributed by atoms with Crippen LogP contribution in [-0.2, 0) is 0 Å². The summed E-state index contributed by atoms with van der Waals surface area (Å²) in [5, 5.41) is 3.49. The third kappa shape index (κ3) is 2.92. The Morgan fingerprint density at radius 3 is 2.61 bits per heavy atom. The molecular weight excluding hydrogens is 253 g/mol. The number of hydrogen-bond donors (Lipinski definition) is 1. The van der Waals surface area contributed by atoms with Gasteiger partial charge in [-0.1, -0.05) is 17.7 Å². The minimum Gasteiger partial charge on any atom is -0.468 e. The fourth-order valence-electron chi connectivity index (χ4n) is 1.87. The van der Waals surface area contributed by atoms with Crippen LogP contribution in [0, 0.1) is 5.82 Å². The van der Waals surface area contributed by atoms with E-state index in [2.05, 4.69) is 5.32 Å². The summed E-state index contributed by atoms with van der Waals surface area (Å²) in [6, 6.07) is 8.67. The molecule has 2 atom stereocenters. The van der Waals surface area contributed by atoms with Crippen molar-refractivity contribution in [2.45, 2.75) is 25.9 Å². The van der Waals surface area contributed by atoms with Gasteiger partial charge in [0.2, 0.25) is 0 Å². The molecule has 0 aliphatic rings. The third-order valence-corrected chi connectivity index (χ3v) is 3.22. The molecule has 18 heavy (non-hydrogen) atoms. The zero-order valence-electron chi connectivity index (χ0n) is 10.3. The van der Waals surface area contributed by atoms with Crippen molar-refractivity contribution in [2.75, 3.05) is 0 Å². The first-order valence-corrected chi connectivity index (χ1v) is 6.20. The van der Waals surface area contributed by atoms with Crippen molar-refractivity contribution in [1.29, 1.82) is 0 Å². The molecule has 2 aromatic rings. The molecule has 0 aliphatic carbocycles. The van der Waals surface area contributed by atoms with Crippen molar-refractivity contribution >= 4 is 11.6 Å². The van der Waals surface area contributed by atoms with Crippen LogP contribution >= 0.6 is 11.6 Å². The highest BCUT2D eigenvalue weighted by atomic mass is 35.5. The molecule has 0 fully saturated rings. The Bertz CT molecular complexity index is 513. The Balaban J connectivity index is 2.07. The number of halogens is 2. The Morgan fingerprint density at radius 2 is 2.00 bits per heavy atom. The molecule has 96 valence electrons. The number of hydrogen-bond acceptors (Lipinski definition) is 2. The SMILES string of the molecule is CC(NC(C)c1ccco1)c1ccc(Cl)c(F)c1. The van der Waals surface area contributed by atoms with E-state index in [1.807, 2.05) is 32.0 Å². The van der Waals surface area contributed by atoms with E-state index < -0.39 is 5.82 Å². The van der Waals surface area contributed by atoms with Crippen LogP contribution in [0.3, 0.4) is 0 Å². The van der Waals surface area contributed by atoms with Gasteiger partial charge in [-0.3, -0.25) is 0 Å². The highest BCUT2D eigenvalue weighted by Gasteiger charge is 2.14. The summed E-state index contributed by atoms with van der Waals surface area (Å²) < 4.78 is 18.7. The van der Waals surface area contributed by atoms with E-state index in [1.165, 1.54) is 6.07 Å². The number of benzene rings is 1. The lowest BCUT2D eigenvalue weighted by Crippen LogP contribution is -2.22. The number of furan rings is 1. The van der Waals surface area contributed by atoms with Crippen molar-refractivity contribution in [1.82, 2.24) is 5.32 Å². The largest absolute Gasteiger partial charge is 0.468 e. The number of rotatable bonds is 4. The van der Waals surface area contributed by atoms with Gasteiger partial charge in [-0.15, -0.1) is 0 Å². The Morgan fingerprint density at radius 1 is 1.22 bits per heavy atom. The van der Waals surface area contributed by atoms with E-state index in [-0.39, 0.29) is 17.1 Å². The monoisotopic (exact) mass is 267 g/mol. The van der Waals surface area contributed by atoms with Crippen LogP contribution in [0.1, 0.15) is 37.3 Å². The lowest BCUT2D eigenvalue weighted by molar-refractivity contribution is 0.402. The molecule has 4 heteroatoms. The predicted octanol–water partition coefficient (Wildman–Crippen LogP) is 4.48. The average Bonchev–Trinajstić information content (AvgIpc) is 2.86. The zero-order chi connectivity index (χ0) is 13.1. The minimum absolute atomic E-state index is 0.0110. The molecule has 0 aliphatic heterocycles. The first-order chi connectivity index (χ1) is 8.58. The fourth-order valence-corrected chi connectivity index (χ4v) is 1.99. The summed E-state index contributed by atoms with van der Waals surface area (Å²) in [7, 11) is 0. The van der Waals surface area contributed by atoms with E-state index >= 15 is 0 Å². The molecular formula is C14H15ClFNO. The summed E-state index contributed by atoms with van der Waals surface area (Å²) >= 11 is 5.66. The maximum absolute atomic E-state index is 13.4. The number of nitrogens with one attached hydrogen (secondary N) is 1. The van der Waals surface area contributed by atoms with Crippen molar-refractivity contribution in [3.63, 3.8) is 0 Å². The van der Waals surface area contributed by atoms with E-state index in [0.29, 0.717) is 0 Å². The molecule has 0 radical (unpaired) electrons. The van der Waals surface area contributed by atoms with Gasteiger partial charge in [0.25, 0.3) is 0 Å². The first-order valence-electron chi connectivity index (χ1n) is 5.82. The van der Waals surface area contributed by atoms with Gasteiger partial charge < -0.3 is 9.73 Å². The summed E-state index contributed by atoms with van der Waals surface area (Å²) in [6.07, 6.45) is 1.64. The molecule has 0 bridgehead atoms. The molecule has 2 unspecified atom stereocenters. The highest BCUT2D eigenvalue weighted by molar-refractivity contribution is 6.30. The van der Waals surface area contributed by atoms with Crippen molar-refractivity contribution < 1.29 is 8.81 Å². The second-order valence-corrected chi connectivity index (χ2v) is 4.71. The molecule has 2 rings (SSSR count). The Kier molecular flexibility index (Phi) is 4.04. The van der Waals surface area contributed by atoms with Crippen molar-refractivity contribution in [2.24, 2.45) is 0 Å². The van der Waals surface area contributed by atoms with Crippen LogP contribution in [-0.4, -0.2) is 0 Å². The lowest BCUT2D eigenvalue weighted by atomic mass is 10.1. The molecule has 0 spiro atoms. The van der Waals surface area contributed by atoms with Gasteiger partial charge in [-0.25, -0.2) is 4.39 Å². The third-order valence-electron chi connectivity index (χ3n) is 2.91. The Hall–Kier alpha value is -1.32. The van der Waals surface area contributed by atoms with Gasteiger partial charge >= 0.3 is 0 Å². The molecule has 1 aromatic carbocycles. The topological polar surface area (TPSA) is 25.2 Å². The van der Waals surface area contributed by atoms with Crippen molar-refractivity contribution in [3.8, 4) is 0 Å². The molecule has 2 nitrogen and oxygen atoms in total. The molecule has 1 N–H and O–H groups in total. The summed E-state index contributed by atoms with van der Waals surface area (Å²) in [4.78, 5) is 0. The van der Waals surface area contributed by atoms with Gasteiger partial charge in [0.1, 0.15) is 11.6 Å². The van der Waals surface area contributed by atoms with Gasteiger partial charge in [-0.2, -0.15) is 0 Å². The van der Waals surface area contributed by atoms with E-state index in [4.69, 9.17) is 16.0 Å². The van der Waals surface area contributed by atoms with E-state index in [9.17, 15) is 4.39 Å². The molecule has 0 saturated heterocycles. The van der Waals surface area contributed by atoms with Gasteiger partial charge in [0, 0.05) is 6.04 Å². The average molecular weight is 268 g/mol. The van der Waals surface area contributed by atoms with Gasteiger partial charge in [0.15, 0.2) is 0 Å². The fraction of sp³-hybridized carbons (Fsp3) is 0.286. The van der Waals surface area contributed by atoms with Crippen LogP contribution in [0.5, 0.6) is 0 Å². The van der Waals surface area contributed by atoms with Crippen LogP contribution < -0.4 is 5.32 Å². The molecule has 1 aromatic heterocycles. The Labute approximate surface area is 111 Å². The smallest absolute Gasteiger partial charge is 0.142 e. The molecule has 1 heterocycles. The van der Waals surface area contributed by atoms with Crippen LogP contribution in [0.4, 0.5) is 4.39 Å². The second kappa shape index (κ2) is 5.55. The maximum Gasteiger partial charge on any atom is 0.142 e. The van der Waals surface area contributed by atoms with E-state index in [1.54, 1.807) is 12.3 Å². The quantitative estimate of drug-likeness (QED) is 0.883. The van der Waals surface area contributed by atoms with Gasteiger partial charge in [-0.05, 0) is 43.7 Å². The summed E-state index contributed by atoms with van der Waals surface area (Å²) in [5.41, 5.74) is 0.857. The first kappa shape index (κ1) is 13.1. The highest BCUT2D eigenvalue weighted by Crippen LogP contribution is 2.23. The minimum atomic E-state index is -0.395. The standard InChI is InChI=1S/C14H15ClFNO/c1-9(11-5-6-12(15)13(16)8-11)17-10(2)14-4-3-7-18-14/h3-10,17H,1-2H3. The van der Waals surface area contributed by atoms with Gasteiger partial charge in [0.05, 0.1) is 17.3 Å². The zero-order valence-corrected chi connectivity index (χ0v) is 11.0. The van der Waals surface area contributed by atoms with Crippen LogP contribution in [0.15, 0.2) is 41.0 Å². The second-order valence-electron chi connectivity index (χ2n) is 4.30. The lowest BCUT2D eigenvalue weighted by Gasteiger charge is -2.19. The van der Waals surface area contributed by atoms with Crippen molar-refractivity contribution in [3.05, 3.63) is 58.8 Å². The van der Waals surface area contributed by atoms with Crippen LogP contribution in [0.2, 0.25) is 5.02 Å². The molecule has 0 amide bonds. The molecule has 0 saturated carbocycles. The van der Waals surface area contributed by atoms with Crippen LogP contribution in [0.25, 0.3) is 0 Å². The summed E-state index contributed by atoms with van der Waals surface area (Å²) in [6.45, 7) is 3.98. The van der Waals surface area contributed by atoms with E-state index in [0.717, 1.165) is 11.3 Å².